The van der Waals surface area contributed by atoms with Gasteiger partial charge < -0.3 is 9.88 Å². The Bertz CT molecular complexity index is 1140. The topological polar surface area (TPSA) is 61.3 Å². The highest BCUT2D eigenvalue weighted by Crippen LogP contribution is 2.30. The minimum absolute atomic E-state index is 0. The fourth-order valence-electron chi connectivity index (χ4n) is 4.22. The van der Waals surface area contributed by atoms with Gasteiger partial charge in [0, 0.05) is 37.6 Å². The van der Waals surface area contributed by atoms with Gasteiger partial charge in [0.05, 0.1) is 16.6 Å². The Morgan fingerprint density at radius 2 is 1.59 bits per heavy atom. The molecule has 6 nitrogen and oxygen atoms in total. The SMILES string of the molecule is CCSc1ccccc1N1CCN(CCCCn2c(=O)[nH]c3ccccc3c2=O)CC1.Cl. The molecule has 0 saturated carbocycles. The van der Waals surface area contributed by atoms with E-state index in [1.807, 2.05) is 23.9 Å². The number of thioether (sulfide) groups is 1. The van der Waals surface area contributed by atoms with Crippen molar-refractivity contribution in [2.24, 2.45) is 0 Å². The van der Waals surface area contributed by atoms with E-state index < -0.39 is 0 Å². The Labute approximate surface area is 199 Å². The third-order valence-corrected chi connectivity index (χ3v) is 6.82. The summed E-state index contributed by atoms with van der Waals surface area (Å²) >= 11 is 1.90. The number of hydrogen-bond donors (Lipinski definition) is 1. The normalized spacial score (nSPS) is 14.5. The van der Waals surface area contributed by atoms with E-state index in [9.17, 15) is 9.59 Å². The number of aromatic nitrogens is 2. The molecule has 0 aliphatic carbocycles. The molecule has 3 aromatic rings. The number of rotatable bonds is 8. The van der Waals surface area contributed by atoms with Crippen molar-refractivity contribution in [2.75, 3.05) is 43.4 Å². The van der Waals surface area contributed by atoms with Gasteiger partial charge in [0.15, 0.2) is 0 Å². The number of anilines is 1. The summed E-state index contributed by atoms with van der Waals surface area (Å²) in [7, 11) is 0. The molecular formula is C24H31ClN4O2S. The molecule has 1 aliphatic heterocycles. The van der Waals surface area contributed by atoms with Crippen LogP contribution in [0.2, 0.25) is 0 Å². The summed E-state index contributed by atoms with van der Waals surface area (Å²) in [6, 6.07) is 15.9. The number of piperazine rings is 1. The number of halogens is 1. The molecule has 0 radical (unpaired) electrons. The monoisotopic (exact) mass is 474 g/mol. The lowest BCUT2D eigenvalue weighted by atomic mass is 10.2. The van der Waals surface area contributed by atoms with Crippen molar-refractivity contribution >= 4 is 40.8 Å². The average molecular weight is 475 g/mol. The Balaban J connectivity index is 0.00000289. The Hall–Kier alpha value is -2.22. The van der Waals surface area contributed by atoms with E-state index in [-0.39, 0.29) is 23.7 Å². The summed E-state index contributed by atoms with van der Waals surface area (Å²) in [6.45, 7) is 7.80. The molecule has 1 aromatic heterocycles. The zero-order valence-corrected chi connectivity index (χ0v) is 20.1. The predicted octanol–water partition coefficient (Wildman–Crippen LogP) is 3.83. The van der Waals surface area contributed by atoms with Gasteiger partial charge in [0.2, 0.25) is 0 Å². The van der Waals surface area contributed by atoms with Gasteiger partial charge in [-0.2, -0.15) is 0 Å². The molecule has 0 unspecified atom stereocenters. The second-order valence-electron chi connectivity index (χ2n) is 7.87. The largest absolute Gasteiger partial charge is 0.368 e. The maximum atomic E-state index is 12.6. The molecule has 2 aromatic carbocycles. The summed E-state index contributed by atoms with van der Waals surface area (Å²) in [5.74, 6) is 1.08. The quantitative estimate of drug-likeness (QED) is 0.397. The smallest absolute Gasteiger partial charge is 0.328 e. The highest BCUT2D eigenvalue weighted by Gasteiger charge is 2.18. The zero-order valence-electron chi connectivity index (χ0n) is 18.5. The number of para-hydroxylation sites is 2. The van der Waals surface area contributed by atoms with Crippen LogP contribution >= 0.6 is 24.2 Å². The van der Waals surface area contributed by atoms with Crippen LogP contribution in [-0.4, -0.2) is 52.9 Å². The first-order valence-corrected chi connectivity index (χ1v) is 12.1. The summed E-state index contributed by atoms with van der Waals surface area (Å²) in [5.41, 5.74) is 1.44. The van der Waals surface area contributed by atoms with Crippen molar-refractivity contribution in [1.29, 1.82) is 0 Å². The Kier molecular flexibility index (Phi) is 8.84. The molecule has 1 N–H and O–H groups in total. The van der Waals surface area contributed by atoms with E-state index in [1.54, 1.807) is 12.1 Å². The van der Waals surface area contributed by atoms with Gasteiger partial charge in [-0.25, -0.2) is 4.79 Å². The van der Waals surface area contributed by atoms with Crippen molar-refractivity contribution in [3.63, 3.8) is 0 Å². The number of hydrogen-bond acceptors (Lipinski definition) is 5. The van der Waals surface area contributed by atoms with E-state index in [4.69, 9.17) is 0 Å². The van der Waals surface area contributed by atoms with Crippen molar-refractivity contribution in [3.8, 4) is 0 Å². The summed E-state index contributed by atoms with van der Waals surface area (Å²) in [5, 5.41) is 0.569. The highest BCUT2D eigenvalue weighted by molar-refractivity contribution is 7.99. The number of aromatic amines is 1. The first kappa shape index (κ1) is 24.4. The van der Waals surface area contributed by atoms with Gasteiger partial charge in [-0.3, -0.25) is 14.3 Å². The van der Waals surface area contributed by atoms with Crippen molar-refractivity contribution in [2.45, 2.75) is 31.2 Å². The molecule has 1 saturated heterocycles. The highest BCUT2D eigenvalue weighted by atomic mass is 35.5. The molecule has 32 heavy (non-hydrogen) atoms. The number of nitrogens with zero attached hydrogens (tertiary/aromatic N) is 3. The first-order chi connectivity index (χ1) is 15.2. The summed E-state index contributed by atoms with van der Waals surface area (Å²) in [6.07, 6.45) is 1.79. The van der Waals surface area contributed by atoms with Crippen LogP contribution in [0.5, 0.6) is 0 Å². The second-order valence-corrected chi connectivity index (χ2v) is 9.17. The van der Waals surface area contributed by atoms with Crippen LogP contribution in [0.3, 0.4) is 0 Å². The van der Waals surface area contributed by atoms with Gasteiger partial charge in [0.1, 0.15) is 0 Å². The van der Waals surface area contributed by atoms with Crippen LogP contribution in [-0.2, 0) is 6.54 Å². The maximum Gasteiger partial charge on any atom is 0.328 e. The van der Waals surface area contributed by atoms with E-state index in [0.29, 0.717) is 17.4 Å². The molecule has 0 atom stereocenters. The number of unbranched alkanes of at least 4 members (excludes halogenated alkanes) is 1. The minimum Gasteiger partial charge on any atom is -0.368 e. The molecule has 1 fully saturated rings. The zero-order chi connectivity index (χ0) is 21.6. The minimum atomic E-state index is -0.319. The summed E-state index contributed by atoms with van der Waals surface area (Å²) in [4.78, 5) is 34.1. The molecule has 0 spiro atoms. The second kappa shape index (κ2) is 11.6. The third-order valence-electron chi connectivity index (χ3n) is 5.87. The van der Waals surface area contributed by atoms with Gasteiger partial charge >= 0.3 is 5.69 Å². The van der Waals surface area contributed by atoms with Crippen LogP contribution in [0, 0.1) is 0 Å². The first-order valence-electron chi connectivity index (χ1n) is 11.1. The maximum absolute atomic E-state index is 12.6. The fourth-order valence-corrected chi connectivity index (χ4v) is 5.05. The van der Waals surface area contributed by atoms with E-state index in [1.165, 1.54) is 15.1 Å². The number of benzene rings is 2. The van der Waals surface area contributed by atoms with Gasteiger partial charge in [0.25, 0.3) is 5.56 Å². The lowest BCUT2D eigenvalue weighted by Crippen LogP contribution is -2.46. The number of fused-ring (bicyclic) bond motifs is 1. The van der Waals surface area contributed by atoms with E-state index in [0.717, 1.165) is 51.3 Å². The number of nitrogens with one attached hydrogen (secondary N) is 1. The summed E-state index contributed by atoms with van der Waals surface area (Å²) < 4.78 is 1.34. The molecule has 2 heterocycles. The molecule has 8 heteroatoms. The van der Waals surface area contributed by atoms with Crippen LogP contribution in [0.1, 0.15) is 19.8 Å². The van der Waals surface area contributed by atoms with Crippen molar-refractivity contribution in [1.82, 2.24) is 14.5 Å². The molecular weight excluding hydrogens is 444 g/mol. The van der Waals surface area contributed by atoms with Crippen LogP contribution in [0.25, 0.3) is 10.9 Å². The molecule has 172 valence electrons. The standard InChI is InChI=1S/C24H30N4O2S.ClH/c1-2-31-22-12-6-5-11-21(22)27-17-15-26(16-18-27)13-7-8-14-28-23(29)19-9-3-4-10-20(19)25-24(28)30;/h3-6,9-12H,2,7-8,13-18H2,1H3,(H,25,30);1H. The van der Waals surface area contributed by atoms with Gasteiger partial charge in [-0.05, 0) is 49.4 Å². The average Bonchev–Trinajstić information content (AvgIpc) is 2.79. The van der Waals surface area contributed by atoms with E-state index >= 15 is 0 Å². The van der Waals surface area contributed by atoms with Gasteiger partial charge in [-0.1, -0.05) is 31.2 Å². The molecule has 1 aliphatic rings. The van der Waals surface area contributed by atoms with Crippen LogP contribution in [0.15, 0.2) is 63.0 Å². The fraction of sp³-hybridized carbons (Fsp3) is 0.417. The Morgan fingerprint density at radius 3 is 2.38 bits per heavy atom. The molecule has 0 amide bonds. The van der Waals surface area contributed by atoms with Gasteiger partial charge in [-0.15, -0.1) is 24.2 Å². The van der Waals surface area contributed by atoms with Crippen LogP contribution < -0.4 is 16.1 Å². The third kappa shape index (κ3) is 5.57. The number of H-pyrrole nitrogens is 1. The van der Waals surface area contributed by atoms with Crippen molar-refractivity contribution < 1.29 is 0 Å². The Morgan fingerprint density at radius 1 is 0.906 bits per heavy atom. The van der Waals surface area contributed by atoms with Crippen molar-refractivity contribution in [3.05, 3.63) is 69.4 Å². The molecule has 0 bridgehead atoms. The lowest BCUT2D eigenvalue weighted by Gasteiger charge is -2.37. The lowest BCUT2D eigenvalue weighted by molar-refractivity contribution is 0.250. The van der Waals surface area contributed by atoms with Crippen LogP contribution in [0.4, 0.5) is 5.69 Å². The molecule has 4 rings (SSSR count). The predicted molar refractivity (Wildman–Crippen MR) is 137 cm³/mol. The van der Waals surface area contributed by atoms with E-state index in [2.05, 4.69) is 46.0 Å².